The predicted octanol–water partition coefficient (Wildman–Crippen LogP) is 1.93. The van der Waals surface area contributed by atoms with Gasteiger partial charge in [-0.3, -0.25) is 4.79 Å². The summed E-state index contributed by atoms with van der Waals surface area (Å²) in [4.78, 5) is 14.7. The number of aromatic nitrogens is 1. The van der Waals surface area contributed by atoms with Crippen molar-refractivity contribution in [2.75, 3.05) is 6.54 Å². The number of fused-ring (bicyclic) bond motifs is 1. The second-order valence-electron chi connectivity index (χ2n) is 5.17. The second-order valence-corrected chi connectivity index (χ2v) is 5.17. The maximum atomic E-state index is 11.5. The van der Waals surface area contributed by atoms with Crippen LogP contribution in [0.5, 0.6) is 0 Å². The van der Waals surface area contributed by atoms with Gasteiger partial charge in [0.15, 0.2) is 0 Å². The highest BCUT2D eigenvalue weighted by molar-refractivity contribution is 5.79. The van der Waals surface area contributed by atoms with E-state index in [2.05, 4.69) is 39.9 Å². The van der Waals surface area contributed by atoms with E-state index in [1.54, 1.807) is 0 Å². The predicted molar refractivity (Wildman–Crippen MR) is 75.8 cm³/mol. The van der Waals surface area contributed by atoms with E-state index >= 15 is 0 Å². The molecule has 0 saturated heterocycles. The second kappa shape index (κ2) is 5.45. The molecular weight excluding hydrogens is 238 g/mol. The molecule has 1 heterocycles. The van der Waals surface area contributed by atoms with E-state index in [1.165, 1.54) is 10.9 Å². The van der Waals surface area contributed by atoms with Crippen LogP contribution in [0, 0.1) is 0 Å². The Hall–Kier alpha value is -1.81. The third-order valence-electron chi connectivity index (χ3n) is 3.42. The van der Waals surface area contributed by atoms with Gasteiger partial charge in [-0.2, -0.15) is 0 Å². The van der Waals surface area contributed by atoms with Crippen molar-refractivity contribution in [2.24, 2.45) is 0 Å². The number of carbonyl (C=O) groups excluding carboxylic acids is 1. The molecule has 0 spiro atoms. The van der Waals surface area contributed by atoms with Crippen LogP contribution in [0.4, 0.5) is 0 Å². The van der Waals surface area contributed by atoms with Crippen LogP contribution in [0.3, 0.4) is 0 Å². The van der Waals surface area contributed by atoms with Crippen LogP contribution >= 0.6 is 0 Å². The van der Waals surface area contributed by atoms with Crippen molar-refractivity contribution in [3.8, 4) is 0 Å². The Labute approximate surface area is 112 Å². The number of amides is 1. The molecule has 0 atom stereocenters. The lowest BCUT2D eigenvalue weighted by atomic mass is 10.1. The number of carbonyl (C=O) groups is 1. The zero-order valence-corrected chi connectivity index (χ0v) is 10.9. The fraction of sp³-hybridized carbons (Fsp3) is 0.400. The first-order valence-electron chi connectivity index (χ1n) is 6.87. The Morgan fingerprint density at radius 2 is 2.21 bits per heavy atom. The molecular formula is C15H19N3O. The molecule has 4 nitrogen and oxygen atoms in total. The van der Waals surface area contributed by atoms with E-state index in [9.17, 15) is 4.79 Å². The summed E-state index contributed by atoms with van der Waals surface area (Å²) in [6.45, 7) is 1.53. The zero-order chi connectivity index (χ0) is 13.1. The van der Waals surface area contributed by atoms with Crippen molar-refractivity contribution >= 4 is 16.8 Å². The van der Waals surface area contributed by atoms with Crippen molar-refractivity contribution in [1.29, 1.82) is 0 Å². The minimum absolute atomic E-state index is 0.163. The molecule has 3 rings (SSSR count). The van der Waals surface area contributed by atoms with Crippen LogP contribution in [-0.2, 0) is 11.3 Å². The van der Waals surface area contributed by atoms with E-state index in [1.807, 2.05) is 6.20 Å². The van der Waals surface area contributed by atoms with Crippen LogP contribution in [0.25, 0.3) is 10.9 Å². The molecule has 1 fully saturated rings. The van der Waals surface area contributed by atoms with E-state index in [4.69, 9.17) is 0 Å². The lowest BCUT2D eigenvalue weighted by Crippen LogP contribution is -2.28. The average Bonchev–Trinajstić information content (AvgIpc) is 3.09. The van der Waals surface area contributed by atoms with Crippen LogP contribution < -0.4 is 10.6 Å². The Kier molecular flexibility index (Phi) is 3.51. The monoisotopic (exact) mass is 257 g/mol. The number of H-pyrrole nitrogens is 1. The van der Waals surface area contributed by atoms with E-state index < -0.39 is 0 Å². The fourth-order valence-corrected chi connectivity index (χ4v) is 2.17. The summed E-state index contributed by atoms with van der Waals surface area (Å²) in [5.74, 6) is 0.163. The summed E-state index contributed by atoms with van der Waals surface area (Å²) in [5.41, 5.74) is 2.40. The Morgan fingerprint density at radius 1 is 1.32 bits per heavy atom. The maximum absolute atomic E-state index is 11.5. The summed E-state index contributed by atoms with van der Waals surface area (Å²) in [5, 5.41) is 7.53. The van der Waals surface area contributed by atoms with Crippen molar-refractivity contribution in [2.45, 2.75) is 31.8 Å². The van der Waals surface area contributed by atoms with Crippen molar-refractivity contribution < 1.29 is 4.79 Å². The summed E-state index contributed by atoms with van der Waals surface area (Å²) >= 11 is 0. The molecule has 1 aliphatic rings. The van der Waals surface area contributed by atoms with Gasteiger partial charge in [-0.05, 0) is 42.0 Å². The van der Waals surface area contributed by atoms with Crippen molar-refractivity contribution in [3.05, 3.63) is 36.0 Å². The normalized spacial score (nSPS) is 14.7. The Bertz CT molecular complexity index is 572. The minimum Gasteiger partial charge on any atom is -0.361 e. The molecule has 3 N–H and O–H groups in total. The standard InChI is InChI=1S/C15H19N3O/c19-15(18-13-2-3-13)6-7-16-10-11-1-4-14-12(9-11)5-8-17-14/h1,4-5,8-9,13,16-17H,2-3,6-7,10H2,(H,18,19). The molecule has 1 saturated carbocycles. The molecule has 0 aliphatic heterocycles. The maximum Gasteiger partial charge on any atom is 0.221 e. The van der Waals surface area contributed by atoms with Gasteiger partial charge in [-0.15, -0.1) is 0 Å². The lowest BCUT2D eigenvalue weighted by molar-refractivity contribution is -0.121. The van der Waals surface area contributed by atoms with Gasteiger partial charge in [0.25, 0.3) is 0 Å². The number of rotatable bonds is 6. The van der Waals surface area contributed by atoms with Crippen LogP contribution in [0.15, 0.2) is 30.5 Å². The minimum atomic E-state index is 0.163. The smallest absolute Gasteiger partial charge is 0.221 e. The topological polar surface area (TPSA) is 56.9 Å². The third kappa shape index (κ3) is 3.35. The summed E-state index contributed by atoms with van der Waals surface area (Å²) in [7, 11) is 0. The highest BCUT2D eigenvalue weighted by Crippen LogP contribution is 2.18. The van der Waals surface area contributed by atoms with Gasteiger partial charge in [0.2, 0.25) is 5.91 Å². The molecule has 0 bridgehead atoms. The zero-order valence-electron chi connectivity index (χ0n) is 10.9. The van der Waals surface area contributed by atoms with E-state index in [0.29, 0.717) is 12.5 Å². The SMILES string of the molecule is O=C(CCNCc1ccc2[nH]ccc2c1)NC1CC1. The van der Waals surface area contributed by atoms with Gasteiger partial charge in [-0.1, -0.05) is 6.07 Å². The molecule has 4 heteroatoms. The van der Waals surface area contributed by atoms with Gasteiger partial charge in [0.1, 0.15) is 0 Å². The molecule has 2 aromatic rings. The van der Waals surface area contributed by atoms with Crippen LogP contribution in [0.2, 0.25) is 0 Å². The van der Waals surface area contributed by atoms with Gasteiger partial charge in [0, 0.05) is 37.3 Å². The number of nitrogens with one attached hydrogen (secondary N) is 3. The molecule has 0 radical (unpaired) electrons. The number of hydrogen-bond donors (Lipinski definition) is 3. The van der Waals surface area contributed by atoms with Crippen LogP contribution in [-0.4, -0.2) is 23.5 Å². The van der Waals surface area contributed by atoms with E-state index in [0.717, 1.165) is 31.4 Å². The number of aromatic amines is 1. The average molecular weight is 257 g/mol. The molecule has 1 aliphatic carbocycles. The largest absolute Gasteiger partial charge is 0.361 e. The Balaban J connectivity index is 1.42. The molecule has 1 aromatic carbocycles. The molecule has 100 valence electrons. The van der Waals surface area contributed by atoms with Crippen molar-refractivity contribution in [1.82, 2.24) is 15.6 Å². The van der Waals surface area contributed by atoms with E-state index in [-0.39, 0.29) is 5.91 Å². The van der Waals surface area contributed by atoms with Gasteiger partial charge in [-0.25, -0.2) is 0 Å². The first kappa shape index (κ1) is 12.2. The highest BCUT2D eigenvalue weighted by atomic mass is 16.1. The quantitative estimate of drug-likeness (QED) is 0.693. The molecule has 1 amide bonds. The van der Waals surface area contributed by atoms with Crippen molar-refractivity contribution in [3.63, 3.8) is 0 Å². The Morgan fingerprint density at radius 3 is 3.05 bits per heavy atom. The first-order valence-corrected chi connectivity index (χ1v) is 6.87. The molecule has 0 unspecified atom stereocenters. The summed E-state index contributed by atoms with van der Waals surface area (Å²) in [6.07, 6.45) is 4.80. The first-order chi connectivity index (χ1) is 9.31. The van der Waals surface area contributed by atoms with Crippen LogP contribution in [0.1, 0.15) is 24.8 Å². The lowest BCUT2D eigenvalue weighted by Gasteiger charge is -2.06. The highest BCUT2D eigenvalue weighted by Gasteiger charge is 2.22. The fourth-order valence-electron chi connectivity index (χ4n) is 2.17. The molecule has 1 aromatic heterocycles. The summed E-state index contributed by atoms with van der Waals surface area (Å²) in [6, 6.07) is 8.90. The van der Waals surface area contributed by atoms with Gasteiger partial charge in [0.05, 0.1) is 0 Å². The van der Waals surface area contributed by atoms with Gasteiger partial charge >= 0.3 is 0 Å². The number of hydrogen-bond acceptors (Lipinski definition) is 2. The van der Waals surface area contributed by atoms with Gasteiger partial charge < -0.3 is 15.6 Å². The summed E-state index contributed by atoms with van der Waals surface area (Å²) < 4.78 is 0. The molecule has 19 heavy (non-hydrogen) atoms. The number of benzene rings is 1. The third-order valence-corrected chi connectivity index (χ3v) is 3.42.